The van der Waals surface area contributed by atoms with E-state index in [4.69, 9.17) is 4.84 Å². The monoisotopic (exact) mass is 298 g/mol. The molecule has 0 saturated carbocycles. The van der Waals surface area contributed by atoms with E-state index >= 15 is 0 Å². The van der Waals surface area contributed by atoms with Crippen molar-refractivity contribution in [2.45, 2.75) is 71.1 Å². The van der Waals surface area contributed by atoms with Crippen LogP contribution in [0, 0.1) is 0 Å². The molecular weight excluding hydrogens is 264 g/mol. The molecule has 1 fully saturated rings. The summed E-state index contributed by atoms with van der Waals surface area (Å²) < 4.78 is 0. The van der Waals surface area contributed by atoms with E-state index in [1.807, 2.05) is 5.06 Å². The lowest BCUT2D eigenvalue weighted by Crippen LogP contribution is -2.45. The van der Waals surface area contributed by atoms with Crippen LogP contribution in [0.1, 0.15) is 71.1 Å². The molecule has 0 aromatic carbocycles. The Hall–Kier alpha value is -0.610. The number of carbonyl (C=O) groups is 1. The Morgan fingerprint density at radius 1 is 0.857 bits per heavy atom. The second-order valence-corrected chi connectivity index (χ2v) is 6.27. The van der Waals surface area contributed by atoms with Gasteiger partial charge in [-0.3, -0.25) is 4.79 Å². The van der Waals surface area contributed by atoms with E-state index in [0.29, 0.717) is 6.42 Å². The predicted molar refractivity (Wildman–Crippen MR) is 87.0 cm³/mol. The van der Waals surface area contributed by atoms with Crippen LogP contribution in [0.5, 0.6) is 0 Å². The van der Waals surface area contributed by atoms with E-state index in [9.17, 15) is 4.79 Å². The average Bonchev–Trinajstić information content (AvgIpc) is 2.48. The number of rotatable bonds is 11. The fourth-order valence-corrected chi connectivity index (χ4v) is 2.65. The Kier molecular flexibility index (Phi) is 10.5. The molecule has 0 unspecified atom stereocenters. The van der Waals surface area contributed by atoms with Crippen LogP contribution in [0.15, 0.2) is 0 Å². The minimum atomic E-state index is -0.0532. The first-order chi connectivity index (χ1) is 10.2. The van der Waals surface area contributed by atoms with Gasteiger partial charge in [0.1, 0.15) is 0 Å². The third-order valence-electron chi connectivity index (χ3n) is 4.18. The summed E-state index contributed by atoms with van der Waals surface area (Å²) in [5.74, 6) is -0.0532. The van der Waals surface area contributed by atoms with Crippen LogP contribution >= 0.6 is 0 Å². The van der Waals surface area contributed by atoms with Gasteiger partial charge in [-0.1, -0.05) is 58.3 Å². The van der Waals surface area contributed by atoms with E-state index < -0.39 is 0 Å². The Labute approximate surface area is 130 Å². The van der Waals surface area contributed by atoms with Crippen molar-refractivity contribution in [3.8, 4) is 0 Å². The van der Waals surface area contributed by atoms with Crippen molar-refractivity contribution >= 4 is 5.97 Å². The molecule has 21 heavy (non-hydrogen) atoms. The van der Waals surface area contributed by atoms with Crippen molar-refractivity contribution < 1.29 is 9.63 Å². The lowest BCUT2D eigenvalue weighted by molar-refractivity contribution is -0.197. The summed E-state index contributed by atoms with van der Waals surface area (Å²) in [6.45, 7) is 5.87. The Morgan fingerprint density at radius 3 is 1.95 bits per heavy atom. The quantitative estimate of drug-likeness (QED) is 0.546. The molecule has 4 heteroatoms. The van der Waals surface area contributed by atoms with Crippen LogP contribution in [-0.4, -0.2) is 49.2 Å². The first kappa shape index (κ1) is 18.4. The molecule has 0 atom stereocenters. The second kappa shape index (κ2) is 12.0. The maximum absolute atomic E-state index is 11.7. The fourth-order valence-electron chi connectivity index (χ4n) is 2.65. The maximum atomic E-state index is 11.7. The molecule has 0 bridgehead atoms. The summed E-state index contributed by atoms with van der Waals surface area (Å²) in [5, 5.41) is 1.82. The van der Waals surface area contributed by atoms with E-state index in [2.05, 4.69) is 18.9 Å². The van der Waals surface area contributed by atoms with Gasteiger partial charge in [0.2, 0.25) is 0 Å². The van der Waals surface area contributed by atoms with Crippen molar-refractivity contribution in [2.24, 2.45) is 0 Å². The van der Waals surface area contributed by atoms with Crippen LogP contribution in [0.25, 0.3) is 0 Å². The number of nitrogens with zero attached hydrogens (tertiary/aromatic N) is 2. The van der Waals surface area contributed by atoms with Crippen molar-refractivity contribution in [3.63, 3.8) is 0 Å². The number of hydroxylamine groups is 2. The van der Waals surface area contributed by atoms with Gasteiger partial charge in [0.25, 0.3) is 0 Å². The van der Waals surface area contributed by atoms with Crippen molar-refractivity contribution in [1.29, 1.82) is 0 Å². The Balaban J connectivity index is 1.87. The molecule has 124 valence electrons. The van der Waals surface area contributed by atoms with Gasteiger partial charge in [0, 0.05) is 32.6 Å². The molecule has 1 rings (SSSR count). The molecule has 0 aromatic heterocycles. The van der Waals surface area contributed by atoms with Gasteiger partial charge in [0.15, 0.2) is 0 Å². The summed E-state index contributed by atoms with van der Waals surface area (Å²) in [7, 11) is 2.10. The molecule has 1 heterocycles. The van der Waals surface area contributed by atoms with Gasteiger partial charge in [-0.05, 0) is 13.5 Å². The van der Waals surface area contributed by atoms with Crippen LogP contribution in [0.3, 0.4) is 0 Å². The number of hydrogen-bond donors (Lipinski definition) is 0. The number of carbonyl (C=O) groups excluding carboxylic acids is 1. The highest BCUT2D eigenvalue weighted by molar-refractivity contribution is 5.68. The number of likely N-dealkylation sites (N-methyl/N-ethyl adjacent to an activating group) is 1. The zero-order valence-corrected chi connectivity index (χ0v) is 14.1. The predicted octanol–water partition coefficient (Wildman–Crippen LogP) is 3.61. The molecule has 1 aliphatic rings. The first-order valence-electron chi connectivity index (χ1n) is 8.86. The minimum absolute atomic E-state index is 0.0532. The molecule has 1 saturated heterocycles. The van der Waals surface area contributed by atoms with Gasteiger partial charge in [0.05, 0.1) is 0 Å². The SMILES string of the molecule is CCCCCCCCCCCC(=O)ON1CCN(C)CC1. The maximum Gasteiger partial charge on any atom is 0.325 e. The molecule has 0 radical (unpaired) electrons. The zero-order chi connectivity index (χ0) is 15.3. The number of hydrogen-bond acceptors (Lipinski definition) is 4. The third kappa shape index (κ3) is 9.86. The smallest absolute Gasteiger partial charge is 0.325 e. The standard InChI is InChI=1S/C17H34N2O2/c1-3-4-5-6-7-8-9-10-11-12-17(20)21-19-15-13-18(2)14-16-19/h3-16H2,1-2H3. The van der Waals surface area contributed by atoms with Gasteiger partial charge >= 0.3 is 5.97 Å². The molecule has 0 amide bonds. The molecular formula is C17H34N2O2. The topological polar surface area (TPSA) is 32.8 Å². The van der Waals surface area contributed by atoms with E-state index in [1.165, 1.54) is 44.9 Å². The summed E-state index contributed by atoms with van der Waals surface area (Å²) in [4.78, 5) is 19.4. The van der Waals surface area contributed by atoms with Gasteiger partial charge in [-0.2, -0.15) is 0 Å². The lowest BCUT2D eigenvalue weighted by atomic mass is 10.1. The van der Waals surface area contributed by atoms with Crippen molar-refractivity contribution in [1.82, 2.24) is 9.96 Å². The van der Waals surface area contributed by atoms with Crippen LogP contribution < -0.4 is 0 Å². The van der Waals surface area contributed by atoms with E-state index in [-0.39, 0.29) is 5.97 Å². The highest BCUT2D eigenvalue weighted by Gasteiger charge is 2.17. The van der Waals surface area contributed by atoms with Gasteiger partial charge in [-0.25, -0.2) is 0 Å². The molecule has 4 nitrogen and oxygen atoms in total. The highest BCUT2D eigenvalue weighted by atomic mass is 16.7. The number of unbranched alkanes of at least 4 members (excludes halogenated alkanes) is 8. The molecule has 1 aliphatic heterocycles. The van der Waals surface area contributed by atoms with Gasteiger partial charge < -0.3 is 9.74 Å². The molecule has 0 aliphatic carbocycles. The van der Waals surface area contributed by atoms with Crippen LogP contribution in [-0.2, 0) is 9.63 Å². The summed E-state index contributed by atoms with van der Waals surface area (Å²) in [5.41, 5.74) is 0. The third-order valence-corrected chi connectivity index (χ3v) is 4.18. The minimum Gasteiger partial charge on any atom is -0.368 e. The highest BCUT2D eigenvalue weighted by Crippen LogP contribution is 2.11. The van der Waals surface area contributed by atoms with E-state index in [1.54, 1.807) is 0 Å². The van der Waals surface area contributed by atoms with Crippen molar-refractivity contribution in [3.05, 3.63) is 0 Å². The second-order valence-electron chi connectivity index (χ2n) is 6.27. The largest absolute Gasteiger partial charge is 0.368 e. The van der Waals surface area contributed by atoms with Crippen LogP contribution in [0.2, 0.25) is 0 Å². The Bertz CT molecular complexity index is 264. The Morgan fingerprint density at radius 2 is 1.38 bits per heavy atom. The fraction of sp³-hybridized carbons (Fsp3) is 0.941. The van der Waals surface area contributed by atoms with Gasteiger partial charge in [-0.15, -0.1) is 5.06 Å². The lowest BCUT2D eigenvalue weighted by Gasteiger charge is -2.30. The van der Waals surface area contributed by atoms with Crippen LogP contribution in [0.4, 0.5) is 0 Å². The molecule has 0 spiro atoms. The zero-order valence-electron chi connectivity index (χ0n) is 14.1. The van der Waals surface area contributed by atoms with E-state index in [0.717, 1.165) is 39.0 Å². The normalized spacial score (nSPS) is 17.0. The summed E-state index contributed by atoms with van der Waals surface area (Å²) in [6.07, 6.45) is 12.1. The molecule has 0 N–H and O–H groups in total. The average molecular weight is 298 g/mol. The number of piperazine rings is 1. The summed E-state index contributed by atoms with van der Waals surface area (Å²) in [6, 6.07) is 0. The van der Waals surface area contributed by atoms with Crippen molar-refractivity contribution in [2.75, 3.05) is 33.2 Å². The molecule has 0 aromatic rings. The summed E-state index contributed by atoms with van der Waals surface area (Å²) >= 11 is 0. The first-order valence-corrected chi connectivity index (χ1v) is 8.86.